The first kappa shape index (κ1) is 16.5. The largest absolute Gasteiger partial charge is 0.394 e. The van der Waals surface area contributed by atoms with Crippen LogP contribution in [0.25, 0.3) is 0 Å². The Bertz CT molecular complexity index is 576. The standard InChI is InChI=1S/C17H24N2O3/c1-17(2,3)9-13(10-20)18-16(22)12-4-6-14-11(8-12)5-7-15(21)19-14/h4,6,8,13,20H,5,7,9-10H2,1-3H3,(H,18,22)(H,19,21). The van der Waals surface area contributed by atoms with E-state index in [1.54, 1.807) is 12.1 Å². The minimum Gasteiger partial charge on any atom is -0.394 e. The topological polar surface area (TPSA) is 78.4 Å². The summed E-state index contributed by atoms with van der Waals surface area (Å²) < 4.78 is 0. The SMILES string of the molecule is CC(C)(C)CC(CO)NC(=O)c1ccc2c(c1)CCC(=O)N2. The Balaban J connectivity index is 2.08. The molecule has 0 spiro atoms. The fraction of sp³-hybridized carbons (Fsp3) is 0.529. The molecule has 1 heterocycles. The van der Waals surface area contributed by atoms with Crippen LogP contribution in [0.15, 0.2) is 18.2 Å². The van der Waals surface area contributed by atoms with Crippen molar-refractivity contribution in [1.82, 2.24) is 5.32 Å². The van der Waals surface area contributed by atoms with Gasteiger partial charge in [0.15, 0.2) is 0 Å². The molecule has 0 aliphatic carbocycles. The highest BCUT2D eigenvalue weighted by Crippen LogP contribution is 2.24. The molecule has 0 aromatic heterocycles. The molecule has 3 N–H and O–H groups in total. The van der Waals surface area contributed by atoms with Crippen LogP contribution < -0.4 is 10.6 Å². The summed E-state index contributed by atoms with van der Waals surface area (Å²) in [6.07, 6.45) is 1.80. The van der Waals surface area contributed by atoms with Gasteiger partial charge in [-0.1, -0.05) is 20.8 Å². The lowest BCUT2D eigenvalue weighted by atomic mass is 9.88. The third-order valence-corrected chi connectivity index (χ3v) is 3.68. The van der Waals surface area contributed by atoms with Crippen LogP contribution in [0.1, 0.15) is 49.5 Å². The Morgan fingerprint density at radius 3 is 2.73 bits per heavy atom. The molecule has 1 aliphatic heterocycles. The third-order valence-electron chi connectivity index (χ3n) is 3.68. The number of fused-ring (bicyclic) bond motifs is 1. The van der Waals surface area contributed by atoms with Crippen molar-refractivity contribution in [2.75, 3.05) is 11.9 Å². The molecule has 1 unspecified atom stereocenters. The average Bonchev–Trinajstić information content (AvgIpc) is 2.44. The van der Waals surface area contributed by atoms with E-state index in [0.29, 0.717) is 24.8 Å². The van der Waals surface area contributed by atoms with Gasteiger partial charge in [-0.05, 0) is 42.0 Å². The molecule has 5 heteroatoms. The Kier molecular flexibility index (Phi) is 4.86. The lowest BCUT2D eigenvalue weighted by Crippen LogP contribution is -2.40. The summed E-state index contributed by atoms with van der Waals surface area (Å²) in [7, 11) is 0. The van der Waals surface area contributed by atoms with Gasteiger partial charge in [0.25, 0.3) is 5.91 Å². The van der Waals surface area contributed by atoms with E-state index in [4.69, 9.17) is 0 Å². The maximum Gasteiger partial charge on any atom is 0.251 e. The lowest BCUT2D eigenvalue weighted by Gasteiger charge is -2.25. The summed E-state index contributed by atoms with van der Waals surface area (Å²) in [6.45, 7) is 6.14. The van der Waals surface area contributed by atoms with E-state index >= 15 is 0 Å². The number of anilines is 1. The highest BCUT2D eigenvalue weighted by Gasteiger charge is 2.21. The van der Waals surface area contributed by atoms with E-state index in [9.17, 15) is 14.7 Å². The number of aliphatic hydroxyl groups is 1. The van der Waals surface area contributed by atoms with Gasteiger partial charge in [-0.3, -0.25) is 9.59 Å². The number of benzene rings is 1. The van der Waals surface area contributed by atoms with Gasteiger partial charge in [-0.15, -0.1) is 0 Å². The van der Waals surface area contributed by atoms with Crippen LogP contribution in [0.5, 0.6) is 0 Å². The average molecular weight is 304 g/mol. The molecule has 120 valence electrons. The van der Waals surface area contributed by atoms with Crippen LogP contribution in [0.2, 0.25) is 0 Å². The van der Waals surface area contributed by atoms with Gasteiger partial charge < -0.3 is 15.7 Å². The monoisotopic (exact) mass is 304 g/mol. The van der Waals surface area contributed by atoms with Gasteiger partial charge in [0.1, 0.15) is 0 Å². The van der Waals surface area contributed by atoms with E-state index in [0.717, 1.165) is 11.3 Å². The van der Waals surface area contributed by atoms with Gasteiger partial charge >= 0.3 is 0 Å². The number of carbonyl (C=O) groups is 2. The molecule has 0 saturated carbocycles. The number of amides is 2. The second-order valence-corrected chi connectivity index (χ2v) is 7.04. The lowest BCUT2D eigenvalue weighted by molar-refractivity contribution is -0.116. The molecule has 2 amide bonds. The zero-order chi connectivity index (χ0) is 16.3. The summed E-state index contributed by atoms with van der Waals surface area (Å²) in [5.41, 5.74) is 2.34. The van der Waals surface area contributed by atoms with Crippen molar-refractivity contribution in [2.45, 2.75) is 46.1 Å². The van der Waals surface area contributed by atoms with Crippen LogP contribution >= 0.6 is 0 Å². The molecule has 1 atom stereocenters. The summed E-state index contributed by atoms with van der Waals surface area (Å²) >= 11 is 0. The molecule has 0 bridgehead atoms. The van der Waals surface area contributed by atoms with E-state index in [1.165, 1.54) is 0 Å². The fourth-order valence-electron chi connectivity index (χ4n) is 2.69. The number of carbonyl (C=O) groups excluding carboxylic acids is 2. The van der Waals surface area contributed by atoms with E-state index in [2.05, 4.69) is 31.4 Å². The molecule has 1 aromatic rings. The van der Waals surface area contributed by atoms with Crippen molar-refractivity contribution in [3.8, 4) is 0 Å². The molecule has 0 saturated heterocycles. The molecule has 1 aromatic carbocycles. The number of aryl methyl sites for hydroxylation is 1. The molecular formula is C17H24N2O3. The molecule has 0 fully saturated rings. The van der Waals surface area contributed by atoms with Crippen molar-refractivity contribution in [1.29, 1.82) is 0 Å². The van der Waals surface area contributed by atoms with Gasteiger partial charge in [0, 0.05) is 17.7 Å². The summed E-state index contributed by atoms with van der Waals surface area (Å²) in [6, 6.07) is 5.02. The van der Waals surface area contributed by atoms with Crippen molar-refractivity contribution >= 4 is 17.5 Å². The Labute approximate surface area is 131 Å². The van der Waals surface area contributed by atoms with Gasteiger partial charge in [0.05, 0.1) is 12.6 Å². The molecule has 0 radical (unpaired) electrons. The van der Waals surface area contributed by atoms with Crippen LogP contribution in [-0.2, 0) is 11.2 Å². The van der Waals surface area contributed by atoms with E-state index < -0.39 is 0 Å². The van der Waals surface area contributed by atoms with Crippen LogP contribution in [0.4, 0.5) is 5.69 Å². The van der Waals surface area contributed by atoms with E-state index in [1.807, 2.05) is 6.07 Å². The highest BCUT2D eigenvalue weighted by atomic mass is 16.3. The zero-order valence-corrected chi connectivity index (χ0v) is 13.4. The third kappa shape index (κ3) is 4.31. The van der Waals surface area contributed by atoms with Crippen LogP contribution in [0.3, 0.4) is 0 Å². The van der Waals surface area contributed by atoms with E-state index in [-0.39, 0.29) is 29.9 Å². The molecule has 22 heavy (non-hydrogen) atoms. The van der Waals surface area contributed by atoms with Gasteiger partial charge in [-0.2, -0.15) is 0 Å². The fourth-order valence-corrected chi connectivity index (χ4v) is 2.69. The predicted octanol–water partition coefficient (Wildman–Crippen LogP) is 2.10. The van der Waals surface area contributed by atoms with Crippen LogP contribution in [0, 0.1) is 5.41 Å². The first-order chi connectivity index (χ1) is 10.3. The van der Waals surface area contributed by atoms with Gasteiger partial charge in [0.2, 0.25) is 5.91 Å². The number of nitrogens with one attached hydrogen (secondary N) is 2. The molecular weight excluding hydrogens is 280 g/mol. The molecule has 2 rings (SSSR count). The van der Waals surface area contributed by atoms with Crippen molar-refractivity contribution in [2.24, 2.45) is 5.41 Å². The molecule has 1 aliphatic rings. The second kappa shape index (κ2) is 6.48. The minimum absolute atomic E-state index is 0.00947. The highest BCUT2D eigenvalue weighted by molar-refractivity contribution is 5.98. The predicted molar refractivity (Wildman–Crippen MR) is 85.8 cm³/mol. The quantitative estimate of drug-likeness (QED) is 0.797. The normalized spacial score (nSPS) is 15.7. The number of rotatable bonds is 4. The number of aliphatic hydroxyl groups excluding tert-OH is 1. The Morgan fingerprint density at radius 2 is 2.09 bits per heavy atom. The molecule has 5 nitrogen and oxygen atoms in total. The first-order valence-corrected chi connectivity index (χ1v) is 7.63. The summed E-state index contributed by atoms with van der Waals surface area (Å²) in [4.78, 5) is 23.7. The maximum absolute atomic E-state index is 12.3. The van der Waals surface area contributed by atoms with Crippen molar-refractivity contribution in [3.63, 3.8) is 0 Å². The number of hydrogen-bond acceptors (Lipinski definition) is 3. The number of hydrogen-bond donors (Lipinski definition) is 3. The van der Waals surface area contributed by atoms with Crippen molar-refractivity contribution < 1.29 is 14.7 Å². The van der Waals surface area contributed by atoms with Crippen LogP contribution in [-0.4, -0.2) is 29.6 Å². The summed E-state index contributed by atoms with van der Waals surface area (Å²) in [5.74, 6) is -0.182. The Morgan fingerprint density at radius 1 is 1.36 bits per heavy atom. The smallest absolute Gasteiger partial charge is 0.251 e. The first-order valence-electron chi connectivity index (χ1n) is 7.63. The second-order valence-electron chi connectivity index (χ2n) is 7.04. The van der Waals surface area contributed by atoms with Crippen molar-refractivity contribution in [3.05, 3.63) is 29.3 Å². The maximum atomic E-state index is 12.3. The zero-order valence-electron chi connectivity index (χ0n) is 13.4. The van der Waals surface area contributed by atoms with Gasteiger partial charge in [-0.25, -0.2) is 0 Å². The summed E-state index contributed by atoms with van der Waals surface area (Å²) in [5, 5.41) is 15.1. The Hall–Kier alpha value is -1.88. The minimum atomic E-state index is -0.261.